The van der Waals surface area contributed by atoms with Crippen LogP contribution in [0, 0.1) is 3.57 Å². The Hall–Kier alpha value is 0.580. The second-order valence-corrected chi connectivity index (χ2v) is 5.07. The summed E-state index contributed by atoms with van der Waals surface area (Å²) in [5.41, 5.74) is 2.36. The third kappa shape index (κ3) is 3.31. The highest BCUT2D eigenvalue weighted by molar-refractivity contribution is 14.1. The average Bonchev–Trinajstić information content (AvgIpc) is 2.21. The summed E-state index contributed by atoms with van der Waals surface area (Å²) in [7, 11) is 0. The number of alkyl halides is 2. The zero-order valence-electron chi connectivity index (χ0n) is 7.40. The Kier molecular flexibility index (Phi) is 5.62. The highest BCUT2D eigenvalue weighted by atomic mass is 127. The molecule has 0 spiro atoms. The van der Waals surface area contributed by atoms with Gasteiger partial charge in [-0.25, -0.2) is 0 Å². The maximum atomic E-state index is 11.3. The van der Waals surface area contributed by atoms with Gasteiger partial charge in [-0.2, -0.15) is 0 Å². The second kappa shape index (κ2) is 6.23. The summed E-state index contributed by atoms with van der Waals surface area (Å²) < 4.78 is 1.19. The second-order valence-electron chi connectivity index (χ2n) is 2.87. The molecule has 0 N–H and O–H groups in total. The van der Waals surface area contributed by atoms with Crippen LogP contribution in [0.2, 0.25) is 0 Å². The standard InChI is InChI=1S/C10H9Br2IO/c11-5-8-3-1-2-7(10(8)13)4-9(14)6-12/h1-3H,4-6H2. The lowest BCUT2D eigenvalue weighted by Crippen LogP contribution is -2.05. The molecule has 14 heavy (non-hydrogen) atoms. The number of benzene rings is 1. The number of rotatable bonds is 4. The van der Waals surface area contributed by atoms with Crippen LogP contribution in [0.15, 0.2) is 18.2 Å². The number of carbonyl (C=O) groups excluding carboxylic acids is 1. The molecule has 4 heteroatoms. The quantitative estimate of drug-likeness (QED) is 0.525. The molecule has 0 radical (unpaired) electrons. The Morgan fingerprint density at radius 2 is 1.93 bits per heavy atom. The van der Waals surface area contributed by atoms with Crippen LogP contribution in [-0.4, -0.2) is 11.1 Å². The van der Waals surface area contributed by atoms with Crippen LogP contribution >= 0.6 is 54.5 Å². The van der Waals surface area contributed by atoms with Crippen LogP contribution in [0.1, 0.15) is 11.1 Å². The minimum atomic E-state index is 0.217. The number of hydrogen-bond acceptors (Lipinski definition) is 1. The van der Waals surface area contributed by atoms with Crippen molar-refractivity contribution in [2.24, 2.45) is 0 Å². The maximum absolute atomic E-state index is 11.3. The SMILES string of the molecule is O=C(CBr)Cc1cccc(CBr)c1I. The monoisotopic (exact) mass is 430 g/mol. The first-order chi connectivity index (χ1) is 6.69. The number of hydrogen-bond donors (Lipinski definition) is 0. The van der Waals surface area contributed by atoms with E-state index in [1.165, 1.54) is 9.13 Å². The zero-order chi connectivity index (χ0) is 10.6. The van der Waals surface area contributed by atoms with Gasteiger partial charge in [-0.05, 0) is 33.7 Å². The predicted molar refractivity (Wildman–Crippen MR) is 74.3 cm³/mol. The van der Waals surface area contributed by atoms with Gasteiger partial charge in [0.25, 0.3) is 0 Å². The molecule has 1 nitrogen and oxygen atoms in total. The summed E-state index contributed by atoms with van der Waals surface area (Å²) in [5, 5.41) is 1.27. The largest absolute Gasteiger partial charge is 0.298 e. The fourth-order valence-electron chi connectivity index (χ4n) is 1.13. The van der Waals surface area contributed by atoms with E-state index in [4.69, 9.17) is 0 Å². The molecule has 0 atom stereocenters. The van der Waals surface area contributed by atoms with E-state index >= 15 is 0 Å². The van der Waals surface area contributed by atoms with Crippen molar-refractivity contribution in [2.75, 3.05) is 5.33 Å². The van der Waals surface area contributed by atoms with E-state index in [0.717, 1.165) is 10.9 Å². The van der Waals surface area contributed by atoms with Crippen LogP contribution in [0.3, 0.4) is 0 Å². The van der Waals surface area contributed by atoms with Gasteiger partial charge in [0, 0.05) is 15.3 Å². The summed E-state index contributed by atoms with van der Waals surface area (Å²) in [5.74, 6) is 0.217. The van der Waals surface area contributed by atoms with Gasteiger partial charge in [0.15, 0.2) is 0 Å². The van der Waals surface area contributed by atoms with Crippen molar-refractivity contribution in [2.45, 2.75) is 11.8 Å². The van der Waals surface area contributed by atoms with Crippen molar-refractivity contribution >= 4 is 60.2 Å². The van der Waals surface area contributed by atoms with E-state index in [1.54, 1.807) is 0 Å². The molecular weight excluding hydrogens is 423 g/mol. The van der Waals surface area contributed by atoms with Gasteiger partial charge in [-0.1, -0.05) is 50.1 Å². The van der Waals surface area contributed by atoms with Crippen LogP contribution in [0.4, 0.5) is 0 Å². The van der Waals surface area contributed by atoms with E-state index in [2.05, 4.69) is 60.5 Å². The third-order valence-electron chi connectivity index (χ3n) is 1.84. The van der Waals surface area contributed by atoms with Crippen LogP contribution in [-0.2, 0) is 16.5 Å². The first kappa shape index (κ1) is 12.6. The molecule has 0 aliphatic rings. The van der Waals surface area contributed by atoms with Gasteiger partial charge < -0.3 is 0 Å². The van der Waals surface area contributed by atoms with E-state index in [9.17, 15) is 4.79 Å². The van der Waals surface area contributed by atoms with Gasteiger partial charge in [-0.3, -0.25) is 4.79 Å². The van der Waals surface area contributed by atoms with Crippen molar-refractivity contribution in [1.29, 1.82) is 0 Å². The molecule has 0 aliphatic carbocycles. The summed E-state index contributed by atoms with van der Waals surface area (Å²) in [6, 6.07) is 6.07. The molecular formula is C10H9Br2IO. The van der Waals surface area contributed by atoms with Crippen molar-refractivity contribution in [3.63, 3.8) is 0 Å². The fraction of sp³-hybridized carbons (Fsp3) is 0.300. The van der Waals surface area contributed by atoms with E-state index in [1.807, 2.05) is 12.1 Å². The zero-order valence-corrected chi connectivity index (χ0v) is 12.7. The van der Waals surface area contributed by atoms with Crippen molar-refractivity contribution in [3.8, 4) is 0 Å². The molecule has 1 rings (SSSR count). The molecule has 0 amide bonds. The van der Waals surface area contributed by atoms with Gasteiger partial charge in [0.2, 0.25) is 0 Å². The van der Waals surface area contributed by atoms with Gasteiger partial charge in [0.1, 0.15) is 5.78 Å². The first-order valence-electron chi connectivity index (χ1n) is 4.09. The molecule has 0 saturated heterocycles. The highest BCUT2D eigenvalue weighted by Crippen LogP contribution is 2.20. The number of carbonyl (C=O) groups is 1. The van der Waals surface area contributed by atoms with Crippen molar-refractivity contribution in [3.05, 3.63) is 32.9 Å². The Balaban J connectivity index is 2.92. The molecule has 0 aromatic heterocycles. The van der Waals surface area contributed by atoms with Crippen molar-refractivity contribution < 1.29 is 4.79 Å². The smallest absolute Gasteiger partial charge is 0.147 e. The molecule has 0 heterocycles. The number of ketones is 1. The third-order valence-corrected chi connectivity index (χ3v) is 4.45. The molecule has 0 bridgehead atoms. The predicted octanol–water partition coefficient (Wildman–Crippen LogP) is 3.69. The highest BCUT2D eigenvalue weighted by Gasteiger charge is 2.07. The lowest BCUT2D eigenvalue weighted by molar-refractivity contribution is -0.115. The first-order valence-corrected chi connectivity index (χ1v) is 7.41. The Morgan fingerprint density at radius 1 is 1.29 bits per heavy atom. The van der Waals surface area contributed by atoms with Gasteiger partial charge in [-0.15, -0.1) is 0 Å². The summed E-state index contributed by atoms with van der Waals surface area (Å²) in [6.45, 7) is 0. The Bertz CT molecular complexity index is 339. The summed E-state index contributed by atoms with van der Waals surface area (Å²) in [6.07, 6.45) is 0.518. The molecule has 0 aliphatic heterocycles. The van der Waals surface area contributed by atoms with Gasteiger partial charge >= 0.3 is 0 Å². The molecule has 0 fully saturated rings. The molecule has 0 unspecified atom stereocenters. The van der Waals surface area contributed by atoms with Gasteiger partial charge in [0.05, 0.1) is 5.33 Å². The minimum Gasteiger partial charge on any atom is -0.298 e. The number of halogens is 3. The normalized spacial score (nSPS) is 10.2. The minimum absolute atomic E-state index is 0.217. The molecule has 1 aromatic rings. The molecule has 1 aromatic carbocycles. The molecule has 0 saturated carbocycles. The van der Waals surface area contributed by atoms with E-state index in [-0.39, 0.29) is 5.78 Å². The van der Waals surface area contributed by atoms with Crippen LogP contribution in [0.25, 0.3) is 0 Å². The average molecular weight is 432 g/mol. The lowest BCUT2D eigenvalue weighted by atomic mass is 10.1. The topological polar surface area (TPSA) is 17.1 Å². The van der Waals surface area contributed by atoms with Crippen LogP contribution in [0.5, 0.6) is 0 Å². The lowest BCUT2D eigenvalue weighted by Gasteiger charge is -2.06. The van der Waals surface area contributed by atoms with E-state index in [0.29, 0.717) is 11.8 Å². The van der Waals surface area contributed by atoms with Crippen LogP contribution < -0.4 is 0 Å². The maximum Gasteiger partial charge on any atom is 0.147 e. The Labute approximate surface area is 114 Å². The Morgan fingerprint density at radius 3 is 2.50 bits per heavy atom. The van der Waals surface area contributed by atoms with Crippen molar-refractivity contribution in [1.82, 2.24) is 0 Å². The fourth-order valence-corrected chi connectivity index (χ4v) is 3.06. The summed E-state index contributed by atoms with van der Waals surface area (Å²) in [4.78, 5) is 11.3. The van der Waals surface area contributed by atoms with E-state index < -0.39 is 0 Å². The summed E-state index contributed by atoms with van der Waals surface area (Å²) >= 11 is 8.89. The molecule has 76 valence electrons. The number of Topliss-reactive ketones (excluding diaryl/α,β-unsaturated/α-hetero) is 1.